The molecule has 1 heterocycles. The normalized spacial score (nSPS) is 17.5. The topological polar surface area (TPSA) is 92.3 Å². The number of benzene rings is 2. The highest BCUT2D eigenvalue weighted by molar-refractivity contribution is 8.15. The standard InChI is InChI=1S/C25H29F3NO7PS/c1-4-33-37(34-5-2)36-16(3)35-21(18-8-10-19(11-9-18)25(26,27)28)15-32-20-12-6-17(7-13-20)14-22-23(30)29-24(31)38-22/h6-13,16,21-22H,4-5,14-15H2,1-3H3,(H,29,30,31). The molecule has 0 aromatic heterocycles. The highest BCUT2D eigenvalue weighted by atomic mass is 32.2. The smallest absolute Gasteiger partial charge is 0.416 e. The maximum absolute atomic E-state index is 13.0. The van der Waals surface area contributed by atoms with E-state index < -0.39 is 38.0 Å². The molecule has 1 aliphatic heterocycles. The molecule has 1 N–H and O–H groups in total. The van der Waals surface area contributed by atoms with Crippen LogP contribution in [0.4, 0.5) is 18.0 Å². The van der Waals surface area contributed by atoms with E-state index in [9.17, 15) is 22.8 Å². The van der Waals surface area contributed by atoms with Crippen LogP contribution in [0.15, 0.2) is 48.5 Å². The van der Waals surface area contributed by atoms with E-state index in [0.29, 0.717) is 30.9 Å². The molecule has 2 aromatic carbocycles. The van der Waals surface area contributed by atoms with Gasteiger partial charge in [0.2, 0.25) is 5.91 Å². The van der Waals surface area contributed by atoms with Gasteiger partial charge in [0.1, 0.15) is 18.5 Å². The molecule has 2 amide bonds. The lowest BCUT2D eigenvalue weighted by Crippen LogP contribution is -2.25. The van der Waals surface area contributed by atoms with Crippen molar-refractivity contribution >= 4 is 31.5 Å². The molecule has 1 fully saturated rings. The lowest BCUT2D eigenvalue weighted by molar-refractivity contribution is -0.138. The summed E-state index contributed by atoms with van der Waals surface area (Å²) in [6.07, 6.45) is -5.65. The van der Waals surface area contributed by atoms with E-state index in [1.165, 1.54) is 12.1 Å². The van der Waals surface area contributed by atoms with Crippen molar-refractivity contribution in [3.63, 3.8) is 0 Å². The van der Waals surface area contributed by atoms with Gasteiger partial charge in [0.15, 0.2) is 6.29 Å². The summed E-state index contributed by atoms with van der Waals surface area (Å²) in [4.78, 5) is 23.2. The number of imide groups is 1. The molecule has 2 aromatic rings. The number of amides is 2. The number of thioether (sulfide) groups is 1. The van der Waals surface area contributed by atoms with E-state index in [-0.39, 0.29) is 17.8 Å². The monoisotopic (exact) mass is 575 g/mol. The fraction of sp³-hybridized carbons (Fsp3) is 0.440. The van der Waals surface area contributed by atoms with Crippen LogP contribution in [-0.2, 0) is 35.7 Å². The number of hydrogen-bond acceptors (Lipinski definition) is 8. The minimum atomic E-state index is -4.46. The number of hydrogen-bond donors (Lipinski definition) is 1. The van der Waals surface area contributed by atoms with Crippen LogP contribution in [0, 0.1) is 0 Å². The van der Waals surface area contributed by atoms with Crippen molar-refractivity contribution in [2.24, 2.45) is 0 Å². The Morgan fingerprint density at radius 3 is 2.16 bits per heavy atom. The molecule has 1 saturated heterocycles. The van der Waals surface area contributed by atoms with E-state index in [4.69, 9.17) is 23.0 Å². The summed E-state index contributed by atoms with van der Waals surface area (Å²) in [6, 6.07) is 11.6. The fourth-order valence-electron chi connectivity index (χ4n) is 3.42. The van der Waals surface area contributed by atoms with Gasteiger partial charge >= 0.3 is 14.8 Å². The van der Waals surface area contributed by atoms with Gasteiger partial charge in [-0.3, -0.25) is 19.4 Å². The van der Waals surface area contributed by atoms with E-state index in [1.807, 2.05) is 0 Å². The number of nitrogens with one attached hydrogen (secondary N) is 1. The van der Waals surface area contributed by atoms with Gasteiger partial charge in [0.25, 0.3) is 5.24 Å². The Hall–Kier alpha value is -2.21. The van der Waals surface area contributed by atoms with Crippen molar-refractivity contribution in [1.29, 1.82) is 0 Å². The Kier molecular flexibility index (Phi) is 11.4. The molecule has 3 unspecified atom stereocenters. The quantitative estimate of drug-likeness (QED) is 0.204. The van der Waals surface area contributed by atoms with Gasteiger partial charge in [-0.25, -0.2) is 0 Å². The van der Waals surface area contributed by atoms with Crippen molar-refractivity contribution in [3.05, 3.63) is 65.2 Å². The van der Waals surface area contributed by atoms with Gasteiger partial charge in [-0.15, -0.1) is 0 Å². The van der Waals surface area contributed by atoms with Crippen LogP contribution in [0.5, 0.6) is 5.75 Å². The molecular weight excluding hydrogens is 546 g/mol. The maximum atomic E-state index is 13.0. The lowest BCUT2D eigenvalue weighted by atomic mass is 10.1. The summed E-state index contributed by atoms with van der Waals surface area (Å²) in [5, 5.41) is 1.42. The number of rotatable bonds is 14. The van der Waals surface area contributed by atoms with E-state index in [1.54, 1.807) is 45.0 Å². The van der Waals surface area contributed by atoms with Crippen LogP contribution in [0.3, 0.4) is 0 Å². The molecule has 8 nitrogen and oxygen atoms in total. The first-order chi connectivity index (χ1) is 18.1. The third kappa shape index (κ3) is 9.21. The summed E-state index contributed by atoms with van der Waals surface area (Å²) < 4.78 is 67.6. The van der Waals surface area contributed by atoms with E-state index in [2.05, 4.69) is 5.32 Å². The molecule has 0 spiro atoms. The van der Waals surface area contributed by atoms with E-state index >= 15 is 0 Å². The summed E-state index contributed by atoms with van der Waals surface area (Å²) in [7, 11) is -1.66. The van der Waals surface area contributed by atoms with Crippen LogP contribution in [0.1, 0.15) is 43.6 Å². The highest BCUT2D eigenvalue weighted by Crippen LogP contribution is 2.41. The SMILES string of the molecule is CCOP(OCC)OC(C)OC(COc1ccc(CC2SC(=O)NC2=O)cc1)c1ccc(C(F)(F)F)cc1. The number of carbonyl (C=O) groups is 2. The lowest BCUT2D eigenvalue weighted by Gasteiger charge is -2.25. The first kappa shape index (κ1) is 30.3. The predicted molar refractivity (Wildman–Crippen MR) is 137 cm³/mol. The Bertz CT molecular complexity index is 1050. The minimum Gasteiger partial charge on any atom is -0.491 e. The largest absolute Gasteiger partial charge is 0.491 e. The zero-order chi connectivity index (χ0) is 27.7. The molecule has 1 aliphatic rings. The average Bonchev–Trinajstić information content (AvgIpc) is 3.18. The summed E-state index contributed by atoms with van der Waals surface area (Å²) in [5.74, 6) is 0.179. The van der Waals surface area contributed by atoms with Crippen molar-refractivity contribution in [2.45, 2.75) is 51.0 Å². The molecule has 0 radical (unpaired) electrons. The zero-order valence-electron chi connectivity index (χ0n) is 21.0. The van der Waals surface area contributed by atoms with Gasteiger partial charge in [-0.2, -0.15) is 13.2 Å². The summed E-state index contributed by atoms with van der Waals surface area (Å²) >= 11 is 0.956. The first-order valence-electron chi connectivity index (χ1n) is 11.9. The van der Waals surface area contributed by atoms with Crippen LogP contribution in [0.25, 0.3) is 0 Å². The highest BCUT2D eigenvalue weighted by Gasteiger charge is 2.32. The first-order valence-corrected chi connectivity index (χ1v) is 13.8. The Balaban J connectivity index is 1.67. The van der Waals surface area contributed by atoms with Crippen LogP contribution >= 0.6 is 20.4 Å². The van der Waals surface area contributed by atoms with E-state index in [0.717, 1.165) is 29.5 Å². The Morgan fingerprint density at radius 1 is 1.00 bits per heavy atom. The van der Waals surface area contributed by atoms with Crippen molar-refractivity contribution in [3.8, 4) is 5.75 Å². The molecule has 3 atom stereocenters. The molecule has 3 rings (SSSR count). The second kappa shape index (κ2) is 14.3. The second-order valence-corrected chi connectivity index (χ2v) is 10.4. The number of halogens is 3. The van der Waals surface area contributed by atoms with Gasteiger partial charge in [0.05, 0.1) is 24.0 Å². The third-order valence-corrected chi connectivity index (χ3v) is 7.57. The van der Waals surface area contributed by atoms with Crippen LogP contribution in [0.2, 0.25) is 0 Å². The zero-order valence-corrected chi connectivity index (χ0v) is 22.7. The molecule has 38 heavy (non-hydrogen) atoms. The van der Waals surface area contributed by atoms with Gasteiger partial charge in [0, 0.05) is 0 Å². The van der Waals surface area contributed by atoms with Crippen molar-refractivity contribution in [2.75, 3.05) is 19.8 Å². The number of alkyl halides is 3. The van der Waals surface area contributed by atoms with Crippen molar-refractivity contribution < 1.29 is 45.8 Å². The predicted octanol–water partition coefficient (Wildman–Crippen LogP) is 6.40. The Labute approximate surface area is 224 Å². The second-order valence-electron chi connectivity index (χ2n) is 8.02. The Morgan fingerprint density at radius 2 is 1.63 bits per heavy atom. The van der Waals surface area contributed by atoms with Gasteiger partial charge < -0.3 is 18.5 Å². The average molecular weight is 576 g/mol. The molecule has 0 bridgehead atoms. The number of ether oxygens (including phenoxy) is 2. The maximum Gasteiger partial charge on any atom is 0.416 e. The van der Waals surface area contributed by atoms with Crippen LogP contribution < -0.4 is 10.1 Å². The molecule has 0 saturated carbocycles. The molecular formula is C25H29F3NO7PS. The van der Waals surface area contributed by atoms with Gasteiger partial charge in [-0.1, -0.05) is 36.0 Å². The van der Waals surface area contributed by atoms with Crippen LogP contribution in [-0.4, -0.2) is 42.5 Å². The van der Waals surface area contributed by atoms with Gasteiger partial charge in [-0.05, 0) is 62.6 Å². The molecule has 208 valence electrons. The number of carbonyl (C=O) groups excluding carboxylic acids is 2. The third-order valence-electron chi connectivity index (χ3n) is 5.18. The molecule has 13 heteroatoms. The fourth-order valence-corrected chi connectivity index (χ4v) is 5.19. The molecule has 0 aliphatic carbocycles. The van der Waals surface area contributed by atoms with Crippen molar-refractivity contribution in [1.82, 2.24) is 5.32 Å². The summed E-state index contributed by atoms with van der Waals surface area (Å²) in [5.41, 5.74) is 0.543. The minimum absolute atomic E-state index is 0.0189. The summed E-state index contributed by atoms with van der Waals surface area (Å²) in [6.45, 7) is 5.97.